The Bertz CT molecular complexity index is 1080. The van der Waals surface area contributed by atoms with E-state index in [1.807, 2.05) is 74.5 Å². The third-order valence-corrected chi connectivity index (χ3v) is 7.41. The van der Waals surface area contributed by atoms with Crippen LogP contribution in [0.1, 0.15) is 38.3 Å². The minimum Gasteiger partial charge on any atom is -0.374 e. The number of hydrogen-bond acceptors (Lipinski definition) is 9. The van der Waals surface area contributed by atoms with Gasteiger partial charge in [-0.1, -0.05) is 60.7 Å². The van der Waals surface area contributed by atoms with Crippen LogP contribution >= 0.6 is 0 Å². The summed E-state index contributed by atoms with van der Waals surface area (Å²) < 4.78 is 48.8. The molecule has 0 radical (unpaired) electrons. The molecule has 3 fully saturated rings. The quantitative estimate of drug-likeness (QED) is 0.363. The number of ketones is 1. The number of carbonyl (C=O) groups excluding carboxylic acids is 1. The van der Waals surface area contributed by atoms with E-state index in [0.717, 1.165) is 11.1 Å². The van der Waals surface area contributed by atoms with Crippen LogP contribution in [0.4, 0.5) is 0 Å². The molecule has 5 rings (SSSR count). The molecule has 3 aliphatic heterocycles. The van der Waals surface area contributed by atoms with Gasteiger partial charge in [-0.3, -0.25) is 0 Å². The van der Waals surface area contributed by atoms with E-state index < -0.39 is 36.7 Å². The normalized spacial score (nSPS) is 32.8. The Balaban J connectivity index is 1.27. The number of rotatable bonds is 13. The van der Waals surface area contributed by atoms with Crippen molar-refractivity contribution in [2.45, 2.75) is 89.3 Å². The lowest BCUT2D eigenvalue weighted by Gasteiger charge is -2.26. The highest BCUT2D eigenvalue weighted by Crippen LogP contribution is 2.40. The molecule has 0 aromatic heterocycles. The molecule has 3 saturated heterocycles. The van der Waals surface area contributed by atoms with Crippen LogP contribution in [0.2, 0.25) is 0 Å². The van der Waals surface area contributed by atoms with Crippen LogP contribution in [0.5, 0.6) is 0 Å². The Labute approximate surface area is 235 Å². The average molecular weight is 557 g/mol. The number of hydrogen-bond donors (Lipinski definition) is 0. The molecule has 218 valence electrons. The molecule has 2 aromatic carbocycles. The van der Waals surface area contributed by atoms with Gasteiger partial charge in [-0.15, -0.1) is 0 Å². The van der Waals surface area contributed by atoms with Crippen molar-refractivity contribution in [1.29, 1.82) is 0 Å². The fraction of sp³-hybridized carbons (Fsp3) is 0.581. The standard InChI is InChI=1S/C31H40O9/c1-20(32)15-23-26(35-17-22-13-9-6-10-14-22)24(18-34-16-21-11-7-5-8-12-21)37-29(23)36-19-25-27-28(30(33-4)38-25)40-31(2,3)39-27/h5-14,23-30H,15-19H2,1-4H3/t23-,24+,25+,26+,27+,28+,29-,30+/m0/s1. The maximum atomic E-state index is 12.4. The summed E-state index contributed by atoms with van der Waals surface area (Å²) in [5.41, 5.74) is 2.10. The predicted octanol–water partition coefficient (Wildman–Crippen LogP) is 4.02. The largest absolute Gasteiger partial charge is 0.374 e. The molecule has 3 heterocycles. The maximum absolute atomic E-state index is 12.4. The molecule has 0 unspecified atom stereocenters. The summed E-state index contributed by atoms with van der Waals surface area (Å²) in [6.07, 6.45) is -2.93. The molecule has 0 amide bonds. The zero-order chi connectivity index (χ0) is 28.1. The van der Waals surface area contributed by atoms with E-state index in [-0.39, 0.29) is 36.9 Å². The Morgan fingerprint density at radius 1 is 0.800 bits per heavy atom. The smallest absolute Gasteiger partial charge is 0.186 e. The van der Waals surface area contributed by atoms with Crippen molar-refractivity contribution in [2.75, 3.05) is 20.3 Å². The van der Waals surface area contributed by atoms with E-state index >= 15 is 0 Å². The molecule has 0 spiro atoms. The molecule has 9 heteroatoms. The molecule has 2 aromatic rings. The number of methoxy groups -OCH3 is 1. The zero-order valence-electron chi connectivity index (χ0n) is 23.6. The van der Waals surface area contributed by atoms with E-state index in [1.54, 1.807) is 14.0 Å². The first-order chi connectivity index (χ1) is 19.3. The van der Waals surface area contributed by atoms with Crippen molar-refractivity contribution < 1.29 is 42.7 Å². The molecular formula is C31H40O9. The summed E-state index contributed by atoms with van der Waals surface area (Å²) in [4.78, 5) is 12.4. The van der Waals surface area contributed by atoms with Gasteiger partial charge in [-0.05, 0) is 31.9 Å². The third-order valence-electron chi connectivity index (χ3n) is 7.41. The third kappa shape index (κ3) is 7.16. The van der Waals surface area contributed by atoms with Gasteiger partial charge >= 0.3 is 0 Å². The predicted molar refractivity (Wildman–Crippen MR) is 144 cm³/mol. The summed E-state index contributed by atoms with van der Waals surface area (Å²) in [6.45, 7) is 6.62. The van der Waals surface area contributed by atoms with Crippen molar-refractivity contribution in [2.24, 2.45) is 5.92 Å². The SMILES string of the molecule is CO[C@@H]1O[C@H](CO[C@H]2O[C@H](COCc3ccccc3)[C@H](OCc3ccccc3)[C@@H]2CC(C)=O)[C@H]2OC(C)(C)O[C@@H]12. The van der Waals surface area contributed by atoms with Crippen LogP contribution in [0.15, 0.2) is 60.7 Å². The summed E-state index contributed by atoms with van der Waals surface area (Å²) in [5, 5.41) is 0. The molecule has 0 saturated carbocycles. The van der Waals surface area contributed by atoms with Crippen molar-refractivity contribution >= 4 is 5.78 Å². The second kappa shape index (κ2) is 13.2. The Morgan fingerprint density at radius 3 is 2.08 bits per heavy atom. The van der Waals surface area contributed by atoms with Gasteiger partial charge in [-0.2, -0.15) is 0 Å². The van der Waals surface area contributed by atoms with Gasteiger partial charge in [0.05, 0.1) is 32.5 Å². The van der Waals surface area contributed by atoms with Crippen molar-refractivity contribution in [3.8, 4) is 0 Å². The lowest BCUT2D eigenvalue weighted by Crippen LogP contribution is -2.37. The number of Topliss-reactive ketones (excluding diaryl/α,β-unsaturated/α-hetero) is 1. The van der Waals surface area contributed by atoms with Crippen LogP contribution in [0.3, 0.4) is 0 Å². The lowest BCUT2D eigenvalue weighted by molar-refractivity contribution is -0.241. The summed E-state index contributed by atoms with van der Waals surface area (Å²) in [7, 11) is 1.58. The van der Waals surface area contributed by atoms with E-state index in [1.165, 1.54) is 0 Å². The first-order valence-electron chi connectivity index (χ1n) is 13.9. The molecule has 3 aliphatic rings. The van der Waals surface area contributed by atoms with Crippen LogP contribution in [-0.2, 0) is 55.9 Å². The molecule has 9 nitrogen and oxygen atoms in total. The Kier molecular flexibility index (Phi) is 9.65. The minimum absolute atomic E-state index is 0.0345. The summed E-state index contributed by atoms with van der Waals surface area (Å²) in [5.74, 6) is -1.03. The van der Waals surface area contributed by atoms with Crippen molar-refractivity contribution in [1.82, 2.24) is 0 Å². The van der Waals surface area contributed by atoms with Gasteiger partial charge in [0.25, 0.3) is 0 Å². The highest BCUT2D eigenvalue weighted by Gasteiger charge is 2.56. The van der Waals surface area contributed by atoms with Crippen LogP contribution in [0, 0.1) is 5.92 Å². The monoisotopic (exact) mass is 556 g/mol. The van der Waals surface area contributed by atoms with Crippen molar-refractivity contribution in [3.63, 3.8) is 0 Å². The fourth-order valence-electron chi connectivity index (χ4n) is 5.64. The summed E-state index contributed by atoms with van der Waals surface area (Å²) in [6, 6.07) is 19.9. The van der Waals surface area contributed by atoms with Gasteiger partial charge in [0.1, 0.15) is 30.2 Å². The fourth-order valence-corrected chi connectivity index (χ4v) is 5.64. The number of carbonyl (C=O) groups is 1. The molecule has 0 bridgehead atoms. The molecule has 0 aliphatic carbocycles. The highest BCUT2D eigenvalue weighted by molar-refractivity contribution is 5.75. The average Bonchev–Trinajstić information content (AvgIpc) is 3.55. The maximum Gasteiger partial charge on any atom is 0.186 e. The first-order valence-corrected chi connectivity index (χ1v) is 13.9. The second-order valence-electron chi connectivity index (χ2n) is 11.1. The van der Waals surface area contributed by atoms with Gasteiger partial charge in [0.15, 0.2) is 18.4 Å². The second-order valence-corrected chi connectivity index (χ2v) is 11.1. The molecule has 40 heavy (non-hydrogen) atoms. The Morgan fingerprint density at radius 2 is 1.43 bits per heavy atom. The molecular weight excluding hydrogens is 516 g/mol. The van der Waals surface area contributed by atoms with Gasteiger partial charge in [0.2, 0.25) is 0 Å². The van der Waals surface area contributed by atoms with Crippen LogP contribution in [0.25, 0.3) is 0 Å². The lowest BCUT2D eigenvalue weighted by atomic mass is 9.95. The van der Waals surface area contributed by atoms with E-state index in [9.17, 15) is 4.79 Å². The Hall–Kier alpha value is -2.21. The molecule has 0 N–H and O–H groups in total. The van der Waals surface area contributed by atoms with Gasteiger partial charge in [0, 0.05) is 19.4 Å². The first kappa shape index (κ1) is 29.3. The number of fused-ring (bicyclic) bond motifs is 1. The zero-order valence-corrected chi connectivity index (χ0v) is 23.6. The number of ether oxygens (including phenoxy) is 8. The van der Waals surface area contributed by atoms with Gasteiger partial charge < -0.3 is 42.7 Å². The topological polar surface area (TPSA) is 90.9 Å². The van der Waals surface area contributed by atoms with Crippen LogP contribution < -0.4 is 0 Å². The summed E-state index contributed by atoms with van der Waals surface area (Å²) >= 11 is 0. The van der Waals surface area contributed by atoms with E-state index in [0.29, 0.717) is 19.8 Å². The minimum atomic E-state index is -0.743. The molecule has 8 atom stereocenters. The van der Waals surface area contributed by atoms with E-state index in [2.05, 4.69) is 0 Å². The van der Waals surface area contributed by atoms with Crippen LogP contribution in [-0.4, -0.2) is 75.0 Å². The highest BCUT2D eigenvalue weighted by atomic mass is 16.8. The van der Waals surface area contributed by atoms with Crippen molar-refractivity contribution in [3.05, 3.63) is 71.8 Å². The number of benzene rings is 2. The van der Waals surface area contributed by atoms with Gasteiger partial charge in [-0.25, -0.2) is 0 Å². The van der Waals surface area contributed by atoms with E-state index in [4.69, 9.17) is 37.9 Å².